The van der Waals surface area contributed by atoms with Crippen molar-refractivity contribution < 1.29 is 9.52 Å². The molecule has 2 aromatic heterocycles. The summed E-state index contributed by atoms with van der Waals surface area (Å²) >= 11 is 0. The van der Waals surface area contributed by atoms with Crippen LogP contribution in [0.15, 0.2) is 46.3 Å². The van der Waals surface area contributed by atoms with E-state index in [2.05, 4.69) is 27.6 Å². The molecular formula is C17H27N5O2. The SMILES string of the molecule is CCNC(=NCC(C)(O)c1ccco1)NCC(C)Cn1cccn1. The molecule has 0 fully saturated rings. The number of aliphatic hydroxyl groups is 1. The number of nitrogens with zero attached hydrogens (tertiary/aromatic N) is 3. The number of hydrogen-bond acceptors (Lipinski definition) is 4. The molecule has 0 aliphatic heterocycles. The second-order valence-corrected chi connectivity index (χ2v) is 6.16. The van der Waals surface area contributed by atoms with Crippen molar-refractivity contribution in [3.63, 3.8) is 0 Å². The number of nitrogens with one attached hydrogen (secondary N) is 2. The predicted octanol–water partition coefficient (Wildman–Crippen LogP) is 1.57. The van der Waals surface area contributed by atoms with E-state index >= 15 is 0 Å². The number of aromatic nitrogens is 2. The summed E-state index contributed by atoms with van der Waals surface area (Å²) in [6.07, 6.45) is 5.28. The van der Waals surface area contributed by atoms with E-state index in [4.69, 9.17) is 4.42 Å². The second-order valence-electron chi connectivity index (χ2n) is 6.16. The molecule has 0 aliphatic carbocycles. The van der Waals surface area contributed by atoms with Crippen molar-refractivity contribution in [3.05, 3.63) is 42.6 Å². The summed E-state index contributed by atoms with van der Waals surface area (Å²) in [4.78, 5) is 4.47. The van der Waals surface area contributed by atoms with Gasteiger partial charge in [-0.15, -0.1) is 0 Å². The van der Waals surface area contributed by atoms with Gasteiger partial charge in [-0.25, -0.2) is 4.99 Å². The molecule has 0 radical (unpaired) electrons. The Hall–Kier alpha value is -2.28. The third kappa shape index (κ3) is 5.42. The van der Waals surface area contributed by atoms with E-state index in [1.165, 1.54) is 0 Å². The molecule has 2 rings (SSSR count). The summed E-state index contributed by atoms with van der Waals surface area (Å²) in [5.74, 6) is 1.57. The fraction of sp³-hybridized carbons (Fsp3) is 0.529. The quantitative estimate of drug-likeness (QED) is 0.504. The highest BCUT2D eigenvalue weighted by Crippen LogP contribution is 2.20. The van der Waals surface area contributed by atoms with Crippen LogP contribution >= 0.6 is 0 Å². The lowest BCUT2D eigenvalue weighted by Crippen LogP contribution is -2.41. The number of hydrogen-bond donors (Lipinski definition) is 3. The van der Waals surface area contributed by atoms with Crippen LogP contribution in [0.5, 0.6) is 0 Å². The van der Waals surface area contributed by atoms with Gasteiger partial charge in [-0.3, -0.25) is 4.68 Å². The Morgan fingerprint density at radius 1 is 1.46 bits per heavy atom. The van der Waals surface area contributed by atoms with Crippen molar-refractivity contribution in [2.75, 3.05) is 19.6 Å². The van der Waals surface area contributed by atoms with Crippen LogP contribution in [0, 0.1) is 5.92 Å². The van der Waals surface area contributed by atoms with Gasteiger partial charge in [0.15, 0.2) is 5.96 Å². The normalized spacial score (nSPS) is 15.8. The number of guanidine groups is 1. The lowest BCUT2D eigenvalue weighted by Gasteiger charge is -2.20. The molecule has 0 aromatic carbocycles. The second kappa shape index (κ2) is 8.54. The first-order valence-electron chi connectivity index (χ1n) is 8.27. The highest BCUT2D eigenvalue weighted by molar-refractivity contribution is 5.79. The molecule has 3 N–H and O–H groups in total. The summed E-state index contributed by atoms with van der Waals surface area (Å²) in [6.45, 7) is 8.41. The monoisotopic (exact) mass is 333 g/mol. The molecule has 0 saturated heterocycles. The van der Waals surface area contributed by atoms with E-state index in [0.717, 1.165) is 19.6 Å². The van der Waals surface area contributed by atoms with Crippen LogP contribution in [0.1, 0.15) is 26.5 Å². The van der Waals surface area contributed by atoms with Gasteiger partial charge >= 0.3 is 0 Å². The molecule has 7 heteroatoms. The Morgan fingerprint density at radius 2 is 2.29 bits per heavy atom. The molecule has 24 heavy (non-hydrogen) atoms. The van der Waals surface area contributed by atoms with Crippen LogP contribution in [0.4, 0.5) is 0 Å². The highest BCUT2D eigenvalue weighted by Gasteiger charge is 2.26. The van der Waals surface area contributed by atoms with Crippen molar-refractivity contribution in [3.8, 4) is 0 Å². The summed E-state index contributed by atoms with van der Waals surface area (Å²) in [5.41, 5.74) is -1.13. The van der Waals surface area contributed by atoms with Crippen molar-refractivity contribution in [2.24, 2.45) is 10.9 Å². The van der Waals surface area contributed by atoms with Gasteiger partial charge in [0, 0.05) is 32.0 Å². The molecule has 0 saturated carbocycles. The Bertz CT molecular complexity index is 605. The molecule has 0 spiro atoms. The third-order valence-electron chi connectivity index (χ3n) is 3.62. The maximum absolute atomic E-state index is 10.5. The zero-order valence-corrected chi connectivity index (χ0v) is 14.6. The van der Waals surface area contributed by atoms with E-state index in [0.29, 0.717) is 17.6 Å². The largest absolute Gasteiger partial charge is 0.466 e. The van der Waals surface area contributed by atoms with Crippen molar-refractivity contribution in [1.82, 2.24) is 20.4 Å². The lowest BCUT2D eigenvalue weighted by molar-refractivity contribution is 0.0437. The van der Waals surface area contributed by atoms with E-state index in [1.807, 2.05) is 23.9 Å². The minimum absolute atomic E-state index is 0.212. The fourth-order valence-corrected chi connectivity index (χ4v) is 2.30. The zero-order chi connectivity index (χ0) is 17.4. The fourth-order valence-electron chi connectivity index (χ4n) is 2.30. The van der Waals surface area contributed by atoms with Gasteiger partial charge in [-0.1, -0.05) is 6.92 Å². The molecule has 2 atom stereocenters. The van der Waals surface area contributed by atoms with E-state index in [1.54, 1.807) is 31.5 Å². The molecule has 0 aliphatic rings. The van der Waals surface area contributed by atoms with E-state index in [-0.39, 0.29) is 6.54 Å². The summed E-state index contributed by atoms with van der Waals surface area (Å²) < 4.78 is 7.19. The van der Waals surface area contributed by atoms with Crippen LogP contribution in [0.3, 0.4) is 0 Å². The van der Waals surface area contributed by atoms with Gasteiger partial charge in [-0.2, -0.15) is 5.10 Å². The Labute approximate surface area is 142 Å². The van der Waals surface area contributed by atoms with Crippen LogP contribution in [-0.2, 0) is 12.1 Å². The molecule has 2 heterocycles. The van der Waals surface area contributed by atoms with E-state index < -0.39 is 5.60 Å². The van der Waals surface area contributed by atoms with Crippen LogP contribution in [0.25, 0.3) is 0 Å². The first-order chi connectivity index (χ1) is 11.5. The molecule has 2 unspecified atom stereocenters. The van der Waals surface area contributed by atoms with Gasteiger partial charge in [0.2, 0.25) is 0 Å². The highest BCUT2D eigenvalue weighted by atomic mass is 16.4. The summed E-state index contributed by atoms with van der Waals surface area (Å²) in [7, 11) is 0. The molecule has 132 valence electrons. The average molecular weight is 333 g/mol. The van der Waals surface area contributed by atoms with Gasteiger partial charge < -0.3 is 20.2 Å². The molecule has 0 bridgehead atoms. The van der Waals surface area contributed by atoms with Crippen molar-refractivity contribution in [1.29, 1.82) is 0 Å². The molecule has 7 nitrogen and oxygen atoms in total. The Kier molecular flexibility index (Phi) is 6.43. The Morgan fingerprint density at radius 3 is 2.92 bits per heavy atom. The Balaban J connectivity index is 1.88. The molecule has 2 aromatic rings. The minimum Gasteiger partial charge on any atom is -0.466 e. The predicted molar refractivity (Wildman–Crippen MR) is 93.7 cm³/mol. The first-order valence-corrected chi connectivity index (χ1v) is 8.27. The average Bonchev–Trinajstić information content (AvgIpc) is 3.23. The summed E-state index contributed by atoms with van der Waals surface area (Å²) in [6, 6.07) is 5.43. The van der Waals surface area contributed by atoms with Gasteiger partial charge in [0.25, 0.3) is 0 Å². The number of aliphatic imine (C=N–C) groups is 1. The van der Waals surface area contributed by atoms with Gasteiger partial charge in [0.05, 0.1) is 12.8 Å². The number of furan rings is 1. The topological polar surface area (TPSA) is 87.6 Å². The maximum Gasteiger partial charge on any atom is 0.191 e. The van der Waals surface area contributed by atoms with Crippen LogP contribution in [0.2, 0.25) is 0 Å². The van der Waals surface area contributed by atoms with Crippen LogP contribution < -0.4 is 10.6 Å². The minimum atomic E-state index is -1.13. The van der Waals surface area contributed by atoms with Crippen molar-refractivity contribution in [2.45, 2.75) is 32.9 Å². The smallest absolute Gasteiger partial charge is 0.191 e. The molecular weight excluding hydrogens is 306 g/mol. The van der Waals surface area contributed by atoms with Crippen LogP contribution in [-0.4, -0.2) is 40.5 Å². The van der Waals surface area contributed by atoms with Crippen molar-refractivity contribution >= 4 is 5.96 Å². The maximum atomic E-state index is 10.5. The zero-order valence-electron chi connectivity index (χ0n) is 14.6. The third-order valence-corrected chi connectivity index (χ3v) is 3.62. The number of rotatable bonds is 8. The standard InChI is InChI=1S/C17H27N5O2/c1-4-18-16(19-11-14(2)12-22-9-6-8-21-22)20-13-17(3,23)15-7-5-10-24-15/h5-10,14,23H,4,11-13H2,1-3H3,(H2,18,19,20). The van der Waals surface area contributed by atoms with Gasteiger partial charge in [0.1, 0.15) is 11.4 Å². The molecule has 0 amide bonds. The van der Waals surface area contributed by atoms with Gasteiger partial charge in [-0.05, 0) is 38.0 Å². The summed E-state index contributed by atoms with van der Waals surface area (Å²) in [5, 5.41) is 21.2. The van der Waals surface area contributed by atoms with E-state index in [9.17, 15) is 5.11 Å². The lowest BCUT2D eigenvalue weighted by atomic mass is 10.0. The first kappa shape index (κ1) is 18.1.